The van der Waals surface area contributed by atoms with E-state index in [0.717, 1.165) is 31.0 Å². The third kappa shape index (κ3) is 2.71. The summed E-state index contributed by atoms with van der Waals surface area (Å²) in [5.74, 6) is 1.39. The average molecular weight is 289 g/mol. The lowest BCUT2D eigenvalue weighted by Crippen LogP contribution is -2.43. The highest BCUT2D eigenvalue weighted by Crippen LogP contribution is 2.32. The van der Waals surface area contributed by atoms with Gasteiger partial charge < -0.3 is 14.2 Å². The Hall–Kier alpha value is -2.08. The van der Waals surface area contributed by atoms with Crippen molar-refractivity contribution in [1.82, 2.24) is 15.0 Å². The van der Waals surface area contributed by atoms with Gasteiger partial charge in [-0.05, 0) is 18.2 Å². The summed E-state index contributed by atoms with van der Waals surface area (Å²) in [4.78, 5) is 0. The number of methoxy groups -OCH3 is 2. The molecule has 2 heterocycles. The second-order valence-electron chi connectivity index (χ2n) is 5.67. The van der Waals surface area contributed by atoms with Crippen molar-refractivity contribution < 1.29 is 14.2 Å². The van der Waals surface area contributed by atoms with Crippen LogP contribution in [-0.2, 0) is 11.3 Å². The first kappa shape index (κ1) is 13.9. The molecule has 1 aliphatic rings. The van der Waals surface area contributed by atoms with Gasteiger partial charge in [-0.15, -0.1) is 5.10 Å². The molecule has 0 radical (unpaired) electrons. The van der Waals surface area contributed by atoms with Crippen molar-refractivity contribution in [2.75, 3.05) is 27.4 Å². The topological polar surface area (TPSA) is 58.4 Å². The fourth-order valence-electron chi connectivity index (χ4n) is 2.44. The van der Waals surface area contributed by atoms with Crippen LogP contribution in [0.4, 0.5) is 0 Å². The van der Waals surface area contributed by atoms with Gasteiger partial charge in [-0.2, -0.15) is 0 Å². The highest BCUT2D eigenvalue weighted by Gasteiger charge is 2.34. The summed E-state index contributed by atoms with van der Waals surface area (Å²) >= 11 is 0. The number of aromatic nitrogens is 3. The molecule has 1 aromatic heterocycles. The minimum Gasteiger partial charge on any atom is -0.493 e. The highest BCUT2D eigenvalue weighted by atomic mass is 16.5. The minimum absolute atomic E-state index is 0.169. The van der Waals surface area contributed by atoms with E-state index in [0.29, 0.717) is 11.5 Å². The molecule has 0 bridgehead atoms. The summed E-state index contributed by atoms with van der Waals surface area (Å²) in [6.45, 7) is 4.55. The van der Waals surface area contributed by atoms with E-state index in [1.54, 1.807) is 14.2 Å². The maximum Gasteiger partial charge on any atom is 0.161 e. The predicted molar refractivity (Wildman–Crippen MR) is 77.5 cm³/mol. The smallest absolute Gasteiger partial charge is 0.161 e. The largest absolute Gasteiger partial charge is 0.493 e. The van der Waals surface area contributed by atoms with Crippen LogP contribution in [0, 0.1) is 5.41 Å². The maximum atomic E-state index is 5.32. The first-order valence-corrected chi connectivity index (χ1v) is 6.84. The zero-order chi connectivity index (χ0) is 14.9. The third-order valence-electron chi connectivity index (χ3n) is 3.66. The summed E-state index contributed by atoms with van der Waals surface area (Å²) in [7, 11) is 3.24. The van der Waals surface area contributed by atoms with E-state index in [1.165, 1.54) is 0 Å². The van der Waals surface area contributed by atoms with Crippen LogP contribution in [0.5, 0.6) is 11.5 Å². The Kier molecular flexibility index (Phi) is 3.55. The summed E-state index contributed by atoms with van der Waals surface area (Å²) in [5.41, 5.74) is 1.94. The van der Waals surface area contributed by atoms with Crippen molar-refractivity contribution in [3.05, 3.63) is 24.4 Å². The maximum absolute atomic E-state index is 5.32. The zero-order valence-corrected chi connectivity index (χ0v) is 12.5. The molecule has 0 N–H and O–H groups in total. The molecule has 0 amide bonds. The normalized spacial score (nSPS) is 16.3. The molecule has 6 heteroatoms. The average Bonchev–Trinajstić information content (AvgIpc) is 2.93. The molecule has 0 aliphatic carbocycles. The molecule has 112 valence electrons. The molecule has 0 saturated carbocycles. The quantitative estimate of drug-likeness (QED) is 0.842. The van der Waals surface area contributed by atoms with Crippen LogP contribution in [0.25, 0.3) is 11.3 Å². The van der Waals surface area contributed by atoms with Crippen LogP contribution in [0.2, 0.25) is 0 Å². The van der Waals surface area contributed by atoms with Gasteiger partial charge in [0.15, 0.2) is 11.5 Å². The van der Waals surface area contributed by atoms with Crippen LogP contribution >= 0.6 is 0 Å². The molecule has 0 atom stereocenters. The van der Waals surface area contributed by atoms with Crippen LogP contribution in [-0.4, -0.2) is 42.4 Å². The Morgan fingerprint density at radius 3 is 2.62 bits per heavy atom. The lowest BCUT2D eigenvalue weighted by molar-refractivity contribution is -0.111. The number of hydrogen-bond donors (Lipinski definition) is 0. The van der Waals surface area contributed by atoms with E-state index < -0.39 is 0 Å². The summed E-state index contributed by atoms with van der Waals surface area (Å²) < 4.78 is 17.7. The Balaban J connectivity index is 1.82. The van der Waals surface area contributed by atoms with Crippen LogP contribution in [0.1, 0.15) is 6.92 Å². The minimum atomic E-state index is 0.169. The van der Waals surface area contributed by atoms with Crippen molar-refractivity contribution in [1.29, 1.82) is 0 Å². The first-order valence-electron chi connectivity index (χ1n) is 6.84. The van der Waals surface area contributed by atoms with Crippen molar-refractivity contribution in [3.63, 3.8) is 0 Å². The van der Waals surface area contributed by atoms with Gasteiger partial charge in [-0.3, -0.25) is 4.68 Å². The number of nitrogens with zero attached hydrogens (tertiary/aromatic N) is 3. The Morgan fingerprint density at radius 1 is 1.24 bits per heavy atom. The standard InChI is InChI=1S/C15H19N3O3/c1-15(9-21-10-15)8-18-7-12(16-17-18)11-4-5-13(19-2)14(6-11)20-3/h4-7H,8-10H2,1-3H3. The molecule has 21 heavy (non-hydrogen) atoms. The highest BCUT2D eigenvalue weighted by molar-refractivity contribution is 5.63. The third-order valence-corrected chi connectivity index (χ3v) is 3.66. The van der Waals surface area contributed by atoms with Crippen LogP contribution in [0.3, 0.4) is 0 Å². The van der Waals surface area contributed by atoms with Crippen LogP contribution in [0.15, 0.2) is 24.4 Å². The van der Waals surface area contributed by atoms with Gasteiger partial charge in [-0.1, -0.05) is 12.1 Å². The van der Waals surface area contributed by atoms with Gasteiger partial charge >= 0.3 is 0 Å². The van der Waals surface area contributed by atoms with E-state index in [9.17, 15) is 0 Å². The van der Waals surface area contributed by atoms with Gasteiger partial charge in [-0.25, -0.2) is 0 Å². The van der Waals surface area contributed by atoms with Gasteiger partial charge in [0.25, 0.3) is 0 Å². The van der Waals surface area contributed by atoms with E-state index in [4.69, 9.17) is 14.2 Å². The number of hydrogen-bond acceptors (Lipinski definition) is 5. The fraction of sp³-hybridized carbons (Fsp3) is 0.467. The van der Waals surface area contributed by atoms with Gasteiger partial charge in [0, 0.05) is 11.0 Å². The second-order valence-corrected chi connectivity index (χ2v) is 5.67. The monoisotopic (exact) mass is 289 g/mol. The molecule has 3 rings (SSSR count). The number of ether oxygens (including phenoxy) is 3. The Labute approximate surface area is 123 Å². The lowest BCUT2D eigenvalue weighted by Gasteiger charge is -2.37. The van der Waals surface area contributed by atoms with Gasteiger partial charge in [0.05, 0.1) is 40.2 Å². The van der Waals surface area contributed by atoms with E-state index >= 15 is 0 Å². The lowest BCUT2D eigenvalue weighted by atomic mass is 9.89. The zero-order valence-electron chi connectivity index (χ0n) is 12.5. The van der Waals surface area contributed by atoms with Crippen LogP contribution < -0.4 is 9.47 Å². The first-order chi connectivity index (χ1) is 10.1. The molecular formula is C15H19N3O3. The molecule has 1 fully saturated rings. The predicted octanol–water partition coefficient (Wildman–Crippen LogP) is 2.00. The Morgan fingerprint density at radius 2 is 2.00 bits per heavy atom. The van der Waals surface area contributed by atoms with Crippen molar-refractivity contribution in [2.45, 2.75) is 13.5 Å². The molecule has 1 aliphatic heterocycles. The molecular weight excluding hydrogens is 270 g/mol. The number of benzene rings is 1. The van der Waals surface area contributed by atoms with Crippen molar-refractivity contribution >= 4 is 0 Å². The molecule has 2 aromatic rings. The summed E-state index contributed by atoms with van der Waals surface area (Å²) in [6.07, 6.45) is 1.95. The SMILES string of the molecule is COc1ccc(-c2cn(CC3(C)COC3)nn2)cc1OC. The molecule has 6 nitrogen and oxygen atoms in total. The molecule has 1 aromatic carbocycles. The van der Waals surface area contributed by atoms with E-state index in [-0.39, 0.29) is 5.41 Å². The summed E-state index contributed by atoms with van der Waals surface area (Å²) in [5, 5.41) is 8.43. The molecule has 1 saturated heterocycles. The van der Waals surface area contributed by atoms with Gasteiger partial charge in [0.1, 0.15) is 5.69 Å². The molecule has 0 spiro atoms. The number of rotatable bonds is 5. The molecule has 0 unspecified atom stereocenters. The van der Waals surface area contributed by atoms with Crippen molar-refractivity contribution in [3.8, 4) is 22.8 Å². The van der Waals surface area contributed by atoms with E-state index in [1.807, 2.05) is 29.1 Å². The van der Waals surface area contributed by atoms with Crippen molar-refractivity contribution in [2.24, 2.45) is 5.41 Å². The fourth-order valence-corrected chi connectivity index (χ4v) is 2.44. The van der Waals surface area contributed by atoms with E-state index in [2.05, 4.69) is 17.2 Å². The summed E-state index contributed by atoms with van der Waals surface area (Å²) in [6, 6.07) is 5.72. The second kappa shape index (κ2) is 5.37. The van der Waals surface area contributed by atoms with Gasteiger partial charge in [0.2, 0.25) is 0 Å². The Bertz CT molecular complexity index is 635.